The van der Waals surface area contributed by atoms with Gasteiger partial charge in [-0.3, -0.25) is 0 Å². The van der Waals surface area contributed by atoms with Crippen molar-refractivity contribution in [2.45, 2.75) is 25.9 Å². The summed E-state index contributed by atoms with van der Waals surface area (Å²) in [5.74, 6) is 0.498. The number of halogens is 1. The molecule has 0 amide bonds. The molecule has 94 valence electrons. The van der Waals surface area contributed by atoms with Gasteiger partial charge < -0.3 is 9.47 Å². The second-order valence-electron chi connectivity index (χ2n) is 4.43. The summed E-state index contributed by atoms with van der Waals surface area (Å²) >= 11 is 6.28. The molecule has 2 aromatic rings. The first-order valence-corrected chi connectivity index (χ1v) is 6.24. The molecule has 0 unspecified atom stereocenters. The Morgan fingerprint density at radius 3 is 2.72 bits per heavy atom. The summed E-state index contributed by atoms with van der Waals surface area (Å²) < 4.78 is 10.9. The van der Waals surface area contributed by atoms with Gasteiger partial charge in [-0.25, -0.2) is 0 Å². The highest BCUT2D eigenvalue weighted by atomic mass is 35.5. The minimum Gasteiger partial charge on any atom is -0.480 e. The van der Waals surface area contributed by atoms with Gasteiger partial charge in [0, 0.05) is 0 Å². The standard InChI is InChI=1S/C13H13ClN2O2/c1-7-3-6-9-11(10(7)14)15-13(16-12(9)17-2)18-8-4-5-8/h3,6,8H,4-5H2,1-2H3. The monoisotopic (exact) mass is 264 g/mol. The van der Waals surface area contributed by atoms with Crippen molar-refractivity contribution < 1.29 is 9.47 Å². The number of nitrogens with zero attached hydrogens (tertiary/aromatic N) is 2. The molecule has 5 heteroatoms. The first-order valence-electron chi connectivity index (χ1n) is 5.86. The third-order valence-corrected chi connectivity index (χ3v) is 3.41. The third kappa shape index (κ3) is 1.97. The van der Waals surface area contributed by atoms with Crippen LogP contribution in [0.15, 0.2) is 12.1 Å². The average molecular weight is 265 g/mol. The van der Waals surface area contributed by atoms with E-state index in [1.807, 2.05) is 19.1 Å². The van der Waals surface area contributed by atoms with Crippen LogP contribution in [0.1, 0.15) is 18.4 Å². The van der Waals surface area contributed by atoms with E-state index in [-0.39, 0.29) is 6.10 Å². The molecule has 0 radical (unpaired) electrons. The largest absolute Gasteiger partial charge is 0.480 e. The van der Waals surface area contributed by atoms with Crippen molar-refractivity contribution in [2.24, 2.45) is 0 Å². The lowest BCUT2D eigenvalue weighted by atomic mass is 10.1. The summed E-state index contributed by atoms with van der Waals surface area (Å²) in [6.45, 7) is 1.94. The van der Waals surface area contributed by atoms with Crippen molar-refractivity contribution in [3.05, 3.63) is 22.7 Å². The number of hydrogen-bond donors (Lipinski definition) is 0. The molecule has 1 heterocycles. The lowest BCUT2D eigenvalue weighted by molar-refractivity contribution is 0.273. The smallest absolute Gasteiger partial charge is 0.320 e. The molecule has 0 aliphatic heterocycles. The minimum absolute atomic E-state index is 0.246. The summed E-state index contributed by atoms with van der Waals surface area (Å²) in [5.41, 5.74) is 1.65. The van der Waals surface area contributed by atoms with E-state index in [2.05, 4.69) is 9.97 Å². The van der Waals surface area contributed by atoms with Gasteiger partial charge in [-0.05, 0) is 31.4 Å². The van der Waals surface area contributed by atoms with Crippen LogP contribution in [0, 0.1) is 6.92 Å². The predicted molar refractivity (Wildman–Crippen MR) is 69.5 cm³/mol. The number of benzene rings is 1. The van der Waals surface area contributed by atoms with Crippen LogP contribution in [0.3, 0.4) is 0 Å². The number of aromatic nitrogens is 2. The predicted octanol–water partition coefficient (Wildman–Crippen LogP) is 3.14. The van der Waals surface area contributed by atoms with Gasteiger partial charge in [0.25, 0.3) is 0 Å². The minimum atomic E-state index is 0.246. The molecule has 0 N–H and O–H groups in total. The maximum atomic E-state index is 6.28. The number of ether oxygens (including phenoxy) is 2. The van der Waals surface area contributed by atoms with Gasteiger partial charge in [-0.1, -0.05) is 17.7 Å². The van der Waals surface area contributed by atoms with E-state index < -0.39 is 0 Å². The molecule has 1 fully saturated rings. The van der Waals surface area contributed by atoms with Gasteiger partial charge in [-0.15, -0.1) is 0 Å². The molecule has 0 saturated heterocycles. The van der Waals surface area contributed by atoms with Gasteiger partial charge in [0.15, 0.2) is 0 Å². The van der Waals surface area contributed by atoms with Crippen molar-refractivity contribution in [2.75, 3.05) is 7.11 Å². The first kappa shape index (κ1) is 11.5. The highest BCUT2D eigenvalue weighted by molar-refractivity contribution is 6.36. The molecule has 1 aliphatic carbocycles. The third-order valence-electron chi connectivity index (χ3n) is 2.93. The van der Waals surface area contributed by atoms with E-state index in [1.54, 1.807) is 7.11 Å². The lowest BCUT2D eigenvalue weighted by Crippen LogP contribution is -2.03. The molecule has 18 heavy (non-hydrogen) atoms. The number of rotatable bonds is 3. The normalized spacial score (nSPS) is 14.8. The fraction of sp³-hybridized carbons (Fsp3) is 0.385. The van der Waals surface area contributed by atoms with E-state index in [9.17, 15) is 0 Å². The Morgan fingerprint density at radius 1 is 1.28 bits per heavy atom. The lowest BCUT2D eigenvalue weighted by Gasteiger charge is -2.09. The zero-order chi connectivity index (χ0) is 12.7. The number of fused-ring (bicyclic) bond motifs is 1. The highest BCUT2D eigenvalue weighted by Gasteiger charge is 2.25. The molecular formula is C13H13ClN2O2. The zero-order valence-electron chi connectivity index (χ0n) is 10.2. The Kier molecular flexibility index (Phi) is 2.74. The maximum Gasteiger partial charge on any atom is 0.320 e. The SMILES string of the molecule is COc1nc(OC2CC2)nc2c(Cl)c(C)ccc12. The van der Waals surface area contributed by atoms with Crippen molar-refractivity contribution in [1.82, 2.24) is 9.97 Å². The Morgan fingerprint density at radius 2 is 2.06 bits per heavy atom. The van der Waals surface area contributed by atoms with Gasteiger partial charge in [0.1, 0.15) is 11.6 Å². The summed E-state index contributed by atoms with van der Waals surface area (Å²) in [6.07, 6.45) is 2.37. The Hall–Kier alpha value is -1.55. The van der Waals surface area contributed by atoms with E-state index in [1.165, 1.54) is 0 Å². The molecular weight excluding hydrogens is 252 g/mol. The molecule has 0 spiro atoms. The second kappa shape index (κ2) is 4.28. The summed E-state index contributed by atoms with van der Waals surface area (Å²) in [4.78, 5) is 8.64. The van der Waals surface area contributed by atoms with Crippen molar-refractivity contribution >= 4 is 22.5 Å². The molecule has 1 aromatic heterocycles. The fourth-order valence-electron chi connectivity index (χ4n) is 1.76. The Bertz CT molecular complexity index is 611. The Balaban J connectivity index is 2.18. The van der Waals surface area contributed by atoms with Crippen molar-refractivity contribution in [3.63, 3.8) is 0 Å². The van der Waals surface area contributed by atoms with Crippen LogP contribution < -0.4 is 9.47 Å². The van der Waals surface area contributed by atoms with E-state index in [0.717, 1.165) is 23.8 Å². The zero-order valence-corrected chi connectivity index (χ0v) is 11.0. The summed E-state index contributed by atoms with van der Waals surface area (Å²) in [5, 5.41) is 1.42. The Labute approximate surface area is 110 Å². The fourth-order valence-corrected chi connectivity index (χ4v) is 1.97. The molecule has 0 atom stereocenters. The number of aryl methyl sites for hydroxylation is 1. The number of methoxy groups -OCH3 is 1. The van der Waals surface area contributed by atoms with Crippen LogP contribution in [-0.4, -0.2) is 23.2 Å². The van der Waals surface area contributed by atoms with Crippen LogP contribution >= 0.6 is 11.6 Å². The van der Waals surface area contributed by atoms with Gasteiger partial charge >= 0.3 is 6.01 Å². The van der Waals surface area contributed by atoms with E-state index in [0.29, 0.717) is 22.4 Å². The van der Waals surface area contributed by atoms with Crippen LogP contribution in [-0.2, 0) is 0 Å². The summed E-state index contributed by atoms with van der Waals surface area (Å²) in [7, 11) is 1.58. The topological polar surface area (TPSA) is 44.2 Å². The van der Waals surface area contributed by atoms with Crippen molar-refractivity contribution in [3.8, 4) is 11.9 Å². The van der Waals surface area contributed by atoms with Gasteiger partial charge in [0.2, 0.25) is 5.88 Å². The van der Waals surface area contributed by atoms with Crippen LogP contribution in [0.2, 0.25) is 5.02 Å². The van der Waals surface area contributed by atoms with Crippen LogP contribution in [0.4, 0.5) is 0 Å². The average Bonchev–Trinajstić information content (AvgIpc) is 3.17. The van der Waals surface area contributed by atoms with Crippen LogP contribution in [0.5, 0.6) is 11.9 Å². The molecule has 1 aliphatic rings. The highest BCUT2D eigenvalue weighted by Crippen LogP contribution is 2.33. The van der Waals surface area contributed by atoms with Gasteiger partial charge in [-0.2, -0.15) is 9.97 Å². The van der Waals surface area contributed by atoms with Crippen molar-refractivity contribution in [1.29, 1.82) is 0 Å². The quantitative estimate of drug-likeness (QED) is 0.854. The molecule has 1 saturated carbocycles. The molecule has 3 rings (SSSR count). The van der Waals surface area contributed by atoms with Crippen LogP contribution in [0.25, 0.3) is 10.9 Å². The van der Waals surface area contributed by atoms with Gasteiger partial charge in [0.05, 0.1) is 17.5 Å². The first-order chi connectivity index (χ1) is 8.69. The second-order valence-corrected chi connectivity index (χ2v) is 4.80. The van der Waals surface area contributed by atoms with E-state index >= 15 is 0 Å². The molecule has 4 nitrogen and oxygen atoms in total. The van der Waals surface area contributed by atoms with E-state index in [4.69, 9.17) is 21.1 Å². The molecule has 1 aromatic carbocycles. The maximum absolute atomic E-state index is 6.28. The molecule has 0 bridgehead atoms. The summed E-state index contributed by atoms with van der Waals surface area (Å²) in [6, 6.07) is 4.18. The number of hydrogen-bond acceptors (Lipinski definition) is 4.